The quantitative estimate of drug-likeness (QED) is 0.335. The minimum absolute atomic E-state index is 0.0959. The number of aliphatic hydroxyl groups is 1. The average molecular weight is 435 g/mol. The fourth-order valence-corrected chi connectivity index (χ4v) is 4.40. The molecule has 1 aliphatic rings. The van der Waals surface area contributed by atoms with Crippen LogP contribution in [0.25, 0.3) is 5.76 Å². The van der Waals surface area contributed by atoms with Gasteiger partial charge in [0, 0.05) is 29.4 Å². The Morgan fingerprint density at radius 3 is 2.61 bits per heavy atom. The number of likely N-dealkylation sites (tertiary alicyclic amines) is 1. The number of carbonyl (C=O) groups is 2. The van der Waals surface area contributed by atoms with Crippen LogP contribution in [0.5, 0.6) is 5.75 Å². The van der Waals surface area contributed by atoms with Crippen molar-refractivity contribution < 1.29 is 19.4 Å². The van der Waals surface area contributed by atoms with Crippen molar-refractivity contribution in [1.82, 2.24) is 9.88 Å². The molecule has 4 rings (SSSR count). The Hall–Kier alpha value is -3.45. The van der Waals surface area contributed by atoms with Crippen molar-refractivity contribution >= 4 is 28.8 Å². The summed E-state index contributed by atoms with van der Waals surface area (Å²) in [7, 11) is 0. The molecule has 1 aliphatic heterocycles. The van der Waals surface area contributed by atoms with E-state index < -0.39 is 17.7 Å². The first-order valence-electron chi connectivity index (χ1n) is 10.0. The van der Waals surface area contributed by atoms with Gasteiger partial charge in [0.15, 0.2) is 0 Å². The maximum Gasteiger partial charge on any atom is 0.295 e. The molecule has 1 fully saturated rings. The van der Waals surface area contributed by atoms with E-state index in [4.69, 9.17) is 4.74 Å². The molecule has 1 amide bonds. The van der Waals surface area contributed by atoms with Crippen molar-refractivity contribution in [2.24, 2.45) is 0 Å². The number of ketones is 1. The van der Waals surface area contributed by atoms with E-state index in [1.165, 1.54) is 16.2 Å². The lowest BCUT2D eigenvalue weighted by Crippen LogP contribution is -2.28. The standard InChI is InChI=1S/C24H22N2O4S/c1-2-12-30-18-9-7-17(8-10-18)22(27)20-21(19-6-4-13-31-19)26(24(29)23(20)28)15-16-5-3-11-25-14-16/h3-11,13-14,21,27H,2,12,15H2,1H3/b22-20+/t21-/m0/s1. The van der Waals surface area contributed by atoms with Crippen molar-refractivity contribution in [3.63, 3.8) is 0 Å². The predicted octanol–water partition coefficient (Wildman–Crippen LogP) is 4.55. The number of Topliss-reactive ketones (excluding diaryl/α,β-unsaturated/α-hetero) is 1. The molecule has 0 radical (unpaired) electrons. The van der Waals surface area contributed by atoms with Gasteiger partial charge in [0.2, 0.25) is 0 Å². The van der Waals surface area contributed by atoms with Gasteiger partial charge in [0.05, 0.1) is 18.2 Å². The van der Waals surface area contributed by atoms with Crippen LogP contribution in [0.15, 0.2) is 71.9 Å². The van der Waals surface area contributed by atoms with Crippen LogP contribution in [0, 0.1) is 0 Å². The van der Waals surface area contributed by atoms with Gasteiger partial charge in [-0.25, -0.2) is 0 Å². The molecule has 0 unspecified atom stereocenters. The lowest BCUT2D eigenvalue weighted by molar-refractivity contribution is -0.140. The first-order valence-corrected chi connectivity index (χ1v) is 10.9. The summed E-state index contributed by atoms with van der Waals surface area (Å²) in [5.74, 6) is -0.824. The van der Waals surface area contributed by atoms with Crippen molar-refractivity contribution in [2.45, 2.75) is 25.9 Å². The van der Waals surface area contributed by atoms with Gasteiger partial charge in [-0.3, -0.25) is 14.6 Å². The highest BCUT2D eigenvalue weighted by molar-refractivity contribution is 7.10. The maximum absolute atomic E-state index is 13.0. The Balaban J connectivity index is 1.74. The molecular weight excluding hydrogens is 412 g/mol. The van der Waals surface area contributed by atoms with Crippen LogP contribution in [-0.2, 0) is 16.1 Å². The van der Waals surface area contributed by atoms with Gasteiger partial charge in [-0.05, 0) is 53.8 Å². The molecule has 6 nitrogen and oxygen atoms in total. The molecule has 158 valence electrons. The number of benzene rings is 1. The molecule has 3 heterocycles. The molecule has 2 aromatic heterocycles. The van der Waals surface area contributed by atoms with Gasteiger partial charge in [0.1, 0.15) is 11.5 Å². The maximum atomic E-state index is 13.0. The summed E-state index contributed by atoms with van der Waals surface area (Å²) in [4.78, 5) is 32.3. The highest BCUT2D eigenvalue weighted by atomic mass is 32.1. The summed E-state index contributed by atoms with van der Waals surface area (Å²) < 4.78 is 5.59. The Morgan fingerprint density at radius 2 is 1.97 bits per heavy atom. The van der Waals surface area contributed by atoms with E-state index in [2.05, 4.69) is 4.98 Å². The van der Waals surface area contributed by atoms with Crippen molar-refractivity contribution in [1.29, 1.82) is 0 Å². The third kappa shape index (κ3) is 4.22. The van der Waals surface area contributed by atoms with Crippen molar-refractivity contribution in [3.8, 4) is 5.75 Å². The number of thiophene rings is 1. The molecule has 1 atom stereocenters. The molecule has 0 spiro atoms. The van der Waals surface area contributed by atoms with E-state index in [0.29, 0.717) is 17.9 Å². The number of carbonyl (C=O) groups excluding carboxylic acids is 2. The number of ether oxygens (including phenoxy) is 1. The predicted molar refractivity (Wildman–Crippen MR) is 119 cm³/mol. The zero-order valence-corrected chi connectivity index (χ0v) is 17.8. The molecular formula is C24H22N2O4S. The van der Waals surface area contributed by atoms with Gasteiger partial charge in [-0.1, -0.05) is 19.1 Å². The number of aromatic nitrogens is 1. The SMILES string of the molecule is CCCOc1ccc(/C(O)=C2\C(=O)C(=O)N(Cc3cccnc3)[C@H]2c2cccs2)cc1. The van der Waals surface area contributed by atoms with Crippen molar-refractivity contribution in [2.75, 3.05) is 6.61 Å². The lowest BCUT2D eigenvalue weighted by atomic mass is 9.99. The van der Waals surface area contributed by atoms with Crippen molar-refractivity contribution in [3.05, 3.63) is 87.9 Å². The first-order chi connectivity index (χ1) is 15.1. The second-order valence-corrected chi connectivity index (χ2v) is 8.16. The Labute approximate surface area is 184 Å². The molecule has 1 saturated heterocycles. The average Bonchev–Trinajstić information content (AvgIpc) is 3.41. The molecule has 7 heteroatoms. The Kier molecular flexibility index (Phi) is 6.13. The van der Waals surface area contributed by atoms with Crippen LogP contribution in [0.1, 0.15) is 35.4 Å². The van der Waals surface area contributed by atoms with Gasteiger partial charge in [-0.15, -0.1) is 11.3 Å². The molecule has 0 bridgehead atoms. The van der Waals surface area contributed by atoms with Crippen LogP contribution in [0.3, 0.4) is 0 Å². The highest BCUT2D eigenvalue weighted by Gasteiger charge is 2.46. The normalized spacial score (nSPS) is 17.8. The summed E-state index contributed by atoms with van der Waals surface area (Å²) in [6.07, 6.45) is 4.21. The summed E-state index contributed by atoms with van der Waals surface area (Å²) in [6.45, 7) is 2.85. The van der Waals surface area contributed by atoms with Gasteiger partial charge in [0.25, 0.3) is 11.7 Å². The monoisotopic (exact) mass is 434 g/mol. The topological polar surface area (TPSA) is 79.7 Å². The number of hydrogen-bond donors (Lipinski definition) is 1. The van der Waals surface area contributed by atoms with Crippen LogP contribution < -0.4 is 4.74 Å². The number of aliphatic hydroxyl groups excluding tert-OH is 1. The number of pyridine rings is 1. The van der Waals surface area contributed by atoms with E-state index in [0.717, 1.165) is 16.9 Å². The summed E-state index contributed by atoms with van der Waals surface area (Å²) in [5, 5.41) is 12.9. The molecule has 1 N–H and O–H groups in total. The Bertz CT molecular complexity index is 1090. The number of amides is 1. The second-order valence-electron chi connectivity index (χ2n) is 7.18. The minimum atomic E-state index is -0.689. The lowest BCUT2D eigenvalue weighted by Gasteiger charge is -2.24. The number of rotatable bonds is 7. The molecule has 1 aromatic carbocycles. The third-order valence-electron chi connectivity index (χ3n) is 5.03. The number of nitrogens with zero attached hydrogens (tertiary/aromatic N) is 2. The summed E-state index contributed by atoms with van der Waals surface area (Å²) >= 11 is 1.44. The third-order valence-corrected chi connectivity index (χ3v) is 5.95. The van der Waals surface area contributed by atoms with E-state index in [9.17, 15) is 14.7 Å². The molecule has 0 saturated carbocycles. The summed E-state index contributed by atoms with van der Waals surface area (Å²) in [5.41, 5.74) is 1.37. The first kappa shape index (κ1) is 20.8. The van der Waals surface area contributed by atoms with E-state index in [1.54, 1.807) is 42.7 Å². The fraction of sp³-hybridized carbons (Fsp3) is 0.208. The zero-order chi connectivity index (χ0) is 21.8. The minimum Gasteiger partial charge on any atom is -0.507 e. The van der Waals surface area contributed by atoms with Crippen LogP contribution in [0.2, 0.25) is 0 Å². The second kappa shape index (κ2) is 9.14. The van der Waals surface area contributed by atoms with E-state index >= 15 is 0 Å². The van der Waals surface area contributed by atoms with Crippen LogP contribution in [-0.4, -0.2) is 33.3 Å². The van der Waals surface area contributed by atoms with Gasteiger partial charge >= 0.3 is 0 Å². The smallest absolute Gasteiger partial charge is 0.295 e. The zero-order valence-electron chi connectivity index (χ0n) is 17.0. The van der Waals surface area contributed by atoms with Gasteiger partial charge in [-0.2, -0.15) is 0 Å². The largest absolute Gasteiger partial charge is 0.507 e. The summed E-state index contributed by atoms with van der Waals surface area (Å²) in [6, 6.07) is 13.6. The number of hydrogen-bond acceptors (Lipinski definition) is 6. The van der Waals surface area contributed by atoms with E-state index in [-0.39, 0.29) is 17.9 Å². The molecule has 0 aliphatic carbocycles. The van der Waals surface area contributed by atoms with Crippen LogP contribution in [0.4, 0.5) is 0 Å². The fourth-order valence-electron chi connectivity index (χ4n) is 3.56. The Morgan fingerprint density at radius 1 is 1.16 bits per heavy atom. The molecule has 31 heavy (non-hydrogen) atoms. The van der Waals surface area contributed by atoms with Crippen LogP contribution >= 0.6 is 11.3 Å². The van der Waals surface area contributed by atoms with E-state index in [1.807, 2.05) is 30.5 Å². The highest BCUT2D eigenvalue weighted by Crippen LogP contribution is 2.41. The van der Waals surface area contributed by atoms with Gasteiger partial charge < -0.3 is 14.7 Å². The molecule has 3 aromatic rings.